The van der Waals surface area contributed by atoms with Gasteiger partial charge in [0, 0.05) is 5.56 Å². The monoisotopic (exact) mass is 230 g/mol. The molecule has 1 aromatic carbocycles. The Morgan fingerprint density at radius 2 is 1.69 bits per heavy atom. The molecule has 0 aliphatic rings. The lowest BCUT2D eigenvalue weighted by Crippen LogP contribution is -2.32. The molecule has 0 bridgehead atoms. The number of aliphatic hydroxyl groups excluding tert-OH is 2. The van der Waals surface area contributed by atoms with Crippen LogP contribution in [0.25, 0.3) is 0 Å². The first-order valence-corrected chi connectivity index (χ1v) is 5.05. The molecule has 0 saturated heterocycles. The highest BCUT2D eigenvalue weighted by Gasteiger charge is 2.32. The zero-order valence-electron chi connectivity index (χ0n) is 9.54. The lowest BCUT2D eigenvalue weighted by atomic mass is 9.83. The normalized spacial score (nSPS) is 15.9. The highest BCUT2D eigenvalue weighted by atomic mass is 19.2. The van der Waals surface area contributed by atoms with Crippen molar-refractivity contribution in [1.29, 1.82) is 0 Å². The molecule has 1 aromatic rings. The molecule has 2 unspecified atom stereocenters. The summed E-state index contributed by atoms with van der Waals surface area (Å²) in [5.41, 5.74) is -0.833. The van der Waals surface area contributed by atoms with E-state index in [1.807, 2.05) is 0 Å². The predicted molar refractivity (Wildman–Crippen MR) is 56.8 cm³/mol. The molecule has 0 spiro atoms. The summed E-state index contributed by atoms with van der Waals surface area (Å²) in [5.74, 6) is -2.14. The Kier molecular flexibility index (Phi) is 3.65. The SMILES string of the molecule is CC(C)(C)C(O)C(O)c1cccc(F)c1F. The second kappa shape index (κ2) is 4.47. The molecule has 0 heterocycles. The van der Waals surface area contributed by atoms with Crippen molar-refractivity contribution in [1.82, 2.24) is 0 Å². The standard InChI is InChI=1S/C12H16F2O2/c1-12(2,3)11(16)10(15)7-5-4-6-8(13)9(7)14/h4-6,10-11,15-16H,1-3H3. The molecule has 4 heteroatoms. The molecule has 0 aromatic heterocycles. The summed E-state index contributed by atoms with van der Waals surface area (Å²) in [5, 5.41) is 19.6. The minimum atomic E-state index is -1.43. The molecule has 0 saturated carbocycles. The summed E-state index contributed by atoms with van der Waals surface area (Å²) < 4.78 is 26.3. The molecule has 0 aliphatic heterocycles. The van der Waals surface area contributed by atoms with E-state index in [0.29, 0.717) is 0 Å². The van der Waals surface area contributed by atoms with Crippen LogP contribution in [0.15, 0.2) is 18.2 Å². The number of benzene rings is 1. The maximum atomic E-state index is 13.4. The summed E-state index contributed by atoms with van der Waals surface area (Å²) in [6.07, 6.45) is -2.60. The van der Waals surface area contributed by atoms with Gasteiger partial charge in [0.15, 0.2) is 11.6 Å². The van der Waals surface area contributed by atoms with Crippen LogP contribution in [-0.4, -0.2) is 16.3 Å². The van der Waals surface area contributed by atoms with Crippen LogP contribution in [0.1, 0.15) is 32.4 Å². The van der Waals surface area contributed by atoms with Gasteiger partial charge < -0.3 is 10.2 Å². The van der Waals surface area contributed by atoms with Gasteiger partial charge >= 0.3 is 0 Å². The molecule has 0 fully saturated rings. The summed E-state index contributed by atoms with van der Waals surface area (Å²) >= 11 is 0. The zero-order valence-corrected chi connectivity index (χ0v) is 9.54. The summed E-state index contributed by atoms with van der Waals surface area (Å²) in [7, 11) is 0. The fourth-order valence-electron chi connectivity index (χ4n) is 1.39. The maximum absolute atomic E-state index is 13.4. The van der Waals surface area contributed by atoms with Gasteiger partial charge in [-0.05, 0) is 11.5 Å². The quantitative estimate of drug-likeness (QED) is 0.819. The molecule has 2 atom stereocenters. The molecule has 16 heavy (non-hydrogen) atoms. The van der Waals surface area contributed by atoms with Crippen molar-refractivity contribution < 1.29 is 19.0 Å². The van der Waals surface area contributed by atoms with Gasteiger partial charge in [-0.15, -0.1) is 0 Å². The molecular weight excluding hydrogens is 214 g/mol. The number of rotatable bonds is 2. The Morgan fingerprint density at radius 3 is 2.19 bits per heavy atom. The number of halogens is 2. The highest BCUT2D eigenvalue weighted by Crippen LogP contribution is 2.31. The van der Waals surface area contributed by atoms with Gasteiger partial charge in [-0.1, -0.05) is 32.9 Å². The first-order valence-electron chi connectivity index (χ1n) is 5.05. The Bertz CT molecular complexity index is 372. The van der Waals surface area contributed by atoms with E-state index < -0.39 is 29.3 Å². The average molecular weight is 230 g/mol. The fourth-order valence-corrected chi connectivity index (χ4v) is 1.39. The van der Waals surface area contributed by atoms with E-state index in [-0.39, 0.29) is 5.56 Å². The van der Waals surface area contributed by atoms with Crippen LogP contribution >= 0.6 is 0 Å². The van der Waals surface area contributed by atoms with Crippen LogP contribution in [-0.2, 0) is 0 Å². The van der Waals surface area contributed by atoms with Gasteiger partial charge in [0.1, 0.15) is 6.10 Å². The molecule has 0 amide bonds. The van der Waals surface area contributed by atoms with Crippen molar-refractivity contribution in [3.8, 4) is 0 Å². The molecule has 2 N–H and O–H groups in total. The van der Waals surface area contributed by atoms with Crippen molar-refractivity contribution in [2.45, 2.75) is 33.0 Å². The molecule has 0 radical (unpaired) electrons. The van der Waals surface area contributed by atoms with Gasteiger partial charge in [0.05, 0.1) is 6.10 Å². The van der Waals surface area contributed by atoms with Crippen molar-refractivity contribution in [2.24, 2.45) is 5.41 Å². The third-order valence-corrected chi connectivity index (χ3v) is 2.49. The Balaban J connectivity index is 3.06. The third-order valence-electron chi connectivity index (χ3n) is 2.49. The summed E-state index contributed by atoms with van der Waals surface area (Å²) in [6, 6.07) is 3.53. The van der Waals surface area contributed by atoms with Crippen LogP contribution in [0.2, 0.25) is 0 Å². The van der Waals surface area contributed by atoms with Gasteiger partial charge in [-0.25, -0.2) is 8.78 Å². The van der Waals surface area contributed by atoms with Gasteiger partial charge in [0.2, 0.25) is 0 Å². The second-order valence-corrected chi connectivity index (χ2v) is 4.90. The van der Waals surface area contributed by atoms with Gasteiger partial charge in [-0.3, -0.25) is 0 Å². The van der Waals surface area contributed by atoms with Gasteiger partial charge in [-0.2, -0.15) is 0 Å². The zero-order chi connectivity index (χ0) is 12.5. The average Bonchev–Trinajstić information content (AvgIpc) is 2.18. The minimum Gasteiger partial charge on any atom is -0.390 e. The van der Waals surface area contributed by atoms with E-state index in [4.69, 9.17) is 0 Å². The smallest absolute Gasteiger partial charge is 0.164 e. The fraction of sp³-hybridized carbons (Fsp3) is 0.500. The molecular formula is C12H16F2O2. The lowest BCUT2D eigenvalue weighted by Gasteiger charge is -2.30. The van der Waals surface area contributed by atoms with Crippen LogP contribution in [0.5, 0.6) is 0 Å². The lowest BCUT2D eigenvalue weighted by molar-refractivity contribution is -0.0474. The van der Waals surface area contributed by atoms with E-state index in [0.717, 1.165) is 6.07 Å². The van der Waals surface area contributed by atoms with E-state index in [9.17, 15) is 19.0 Å². The largest absolute Gasteiger partial charge is 0.390 e. The topological polar surface area (TPSA) is 40.5 Å². The van der Waals surface area contributed by atoms with Crippen LogP contribution < -0.4 is 0 Å². The maximum Gasteiger partial charge on any atom is 0.164 e. The Hall–Kier alpha value is -1.00. The second-order valence-electron chi connectivity index (χ2n) is 4.90. The molecule has 90 valence electrons. The molecule has 1 rings (SSSR count). The van der Waals surface area contributed by atoms with Crippen molar-refractivity contribution >= 4 is 0 Å². The summed E-state index contributed by atoms with van der Waals surface area (Å²) in [6.45, 7) is 5.12. The van der Waals surface area contributed by atoms with Crippen molar-refractivity contribution in [3.63, 3.8) is 0 Å². The van der Waals surface area contributed by atoms with Crippen LogP contribution in [0.4, 0.5) is 8.78 Å². The van der Waals surface area contributed by atoms with E-state index in [1.54, 1.807) is 20.8 Å². The Labute approximate surface area is 93.5 Å². The van der Waals surface area contributed by atoms with Crippen molar-refractivity contribution in [3.05, 3.63) is 35.4 Å². The minimum absolute atomic E-state index is 0.220. The highest BCUT2D eigenvalue weighted by molar-refractivity contribution is 5.22. The third kappa shape index (κ3) is 2.57. The first kappa shape index (κ1) is 13.1. The molecule has 2 nitrogen and oxygen atoms in total. The number of hydrogen-bond acceptors (Lipinski definition) is 2. The van der Waals surface area contributed by atoms with Crippen LogP contribution in [0.3, 0.4) is 0 Å². The Morgan fingerprint density at radius 1 is 1.12 bits per heavy atom. The first-order chi connectivity index (χ1) is 7.25. The van der Waals surface area contributed by atoms with E-state index >= 15 is 0 Å². The van der Waals surface area contributed by atoms with E-state index in [2.05, 4.69) is 0 Å². The molecule has 0 aliphatic carbocycles. The van der Waals surface area contributed by atoms with E-state index in [1.165, 1.54) is 12.1 Å². The summed E-state index contributed by atoms with van der Waals surface area (Å²) in [4.78, 5) is 0. The number of aliphatic hydroxyl groups is 2. The predicted octanol–water partition coefficient (Wildman–Crippen LogP) is 2.41. The van der Waals surface area contributed by atoms with Crippen molar-refractivity contribution in [2.75, 3.05) is 0 Å². The van der Waals surface area contributed by atoms with Gasteiger partial charge in [0.25, 0.3) is 0 Å². The van der Waals surface area contributed by atoms with Crippen LogP contribution in [0, 0.1) is 17.0 Å². The number of hydrogen-bond donors (Lipinski definition) is 2.